The highest BCUT2D eigenvalue weighted by atomic mass is 32.2. The van der Waals surface area contributed by atoms with Gasteiger partial charge >= 0.3 is 5.97 Å². The fourth-order valence-electron chi connectivity index (χ4n) is 1.98. The number of benzene rings is 1. The number of carbonyl (C=O) groups excluding carboxylic acids is 2. The summed E-state index contributed by atoms with van der Waals surface area (Å²) in [5.41, 5.74) is 0.920. The number of aryl methyl sites for hydroxylation is 1. The largest absolute Gasteiger partial charge is 0.465 e. The summed E-state index contributed by atoms with van der Waals surface area (Å²) in [6.07, 6.45) is 0.452. The van der Waals surface area contributed by atoms with Crippen LogP contribution in [0.1, 0.15) is 12.5 Å². The molecule has 0 bridgehead atoms. The highest BCUT2D eigenvalue weighted by Gasteiger charge is 2.60. The Morgan fingerprint density at radius 3 is 2.45 bits per heavy atom. The van der Waals surface area contributed by atoms with Crippen molar-refractivity contribution in [3.8, 4) is 0 Å². The number of ether oxygens (including phenoxy) is 1. The molecule has 20 heavy (non-hydrogen) atoms. The summed E-state index contributed by atoms with van der Waals surface area (Å²) in [6.45, 7) is 3.60. The smallest absolute Gasteiger partial charge is 0.326 e. The molecule has 1 fully saturated rings. The van der Waals surface area contributed by atoms with E-state index in [0.29, 0.717) is 6.29 Å². The summed E-state index contributed by atoms with van der Waals surface area (Å²) in [7, 11) is -3.86. The Kier molecular flexibility index (Phi) is 3.92. The summed E-state index contributed by atoms with van der Waals surface area (Å²) >= 11 is 0. The summed E-state index contributed by atoms with van der Waals surface area (Å²) in [5, 5.41) is 0. The molecule has 1 aromatic carbocycles. The molecule has 1 heterocycles. The van der Waals surface area contributed by atoms with Gasteiger partial charge in [0.15, 0.2) is 0 Å². The maximum atomic E-state index is 12.4. The van der Waals surface area contributed by atoms with Gasteiger partial charge in [0, 0.05) is 0 Å². The van der Waals surface area contributed by atoms with Crippen molar-refractivity contribution in [3.63, 3.8) is 0 Å². The number of nitrogens with zero attached hydrogens (tertiary/aromatic N) is 1. The average molecular weight is 297 g/mol. The van der Waals surface area contributed by atoms with Crippen LogP contribution in [0.4, 0.5) is 0 Å². The molecule has 0 spiro atoms. The van der Waals surface area contributed by atoms with Crippen molar-refractivity contribution >= 4 is 22.3 Å². The molecule has 0 aliphatic carbocycles. The van der Waals surface area contributed by atoms with Gasteiger partial charge in [-0.05, 0) is 26.0 Å². The van der Waals surface area contributed by atoms with Crippen molar-refractivity contribution in [2.24, 2.45) is 0 Å². The second-order valence-corrected chi connectivity index (χ2v) is 6.31. The lowest BCUT2D eigenvalue weighted by Gasteiger charge is -2.06. The van der Waals surface area contributed by atoms with Crippen LogP contribution in [-0.4, -0.2) is 43.7 Å². The molecule has 7 heteroatoms. The molecule has 1 unspecified atom stereocenters. The van der Waals surface area contributed by atoms with Crippen LogP contribution in [0, 0.1) is 6.92 Å². The van der Waals surface area contributed by atoms with Crippen molar-refractivity contribution in [2.75, 3.05) is 6.61 Å². The van der Waals surface area contributed by atoms with Gasteiger partial charge in [0.25, 0.3) is 0 Å². The molecular formula is C13H15NO5S. The van der Waals surface area contributed by atoms with Gasteiger partial charge in [-0.3, -0.25) is 4.79 Å². The molecule has 0 radical (unpaired) electrons. The minimum absolute atomic E-state index is 0.0572. The van der Waals surface area contributed by atoms with Crippen LogP contribution in [0.25, 0.3) is 0 Å². The van der Waals surface area contributed by atoms with Crippen molar-refractivity contribution in [1.82, 2.24) is 4.31 Å². The molecule has 1 aliphatic heterocycles. The Labute approximate surface area is 117 Å². The van der Waals surface area contributed by atoms with E-state index in [1.54, 1.807) is 19.1 Å². The monoisotopic (exact) mass is 297 g/mol. The summed E-state index contributed by atoms with van der Waals surface area (Å²) in [5.74, 6) is -0.694. The Morgan fingerprint density at radius 2 is 1.95 bits per heavy atom. The van der Waals surface area contributed by atoms with E-state index < -0.39 is 28.1 Å². The summed E-state index contributed by atoms with van der Waals surface area (Å²) < 4.78 is 30.4. The van der Waals surface area contributed by atoms with Crippen LogP contribution in [0.2, 0.25) is 0 Å². The fourth-order valence-corrected chi connectivity index (χ4v) is 3.64. The van der Waals surface area contributed by atoms with E-state index in [9.17, 15) is 18.0 Å². The molecule has 1 saturated heterocycles. The third kappa shape index (κ3) is 2.46. The number of hydrogen-bond donors (Lipinski definition) is 0. The minimum Gasteiger partial charge on any atom is -0.465 e. The lowest BCUT2D eigenvalue weighted by Crippen LogP contribution is -2.21. The molecule has 2 rings (SSSR count). The molecule has 108 valence electrons. The molecule has 0 N–H and O–H groups in total. The number of hydrogen-bond acceptors (Lipinski definition) is 5. The van der Waals surface area contributed by atoms with Gasteiger partial charge in [0.05, 0.1) is 11.5 Å². The van der Waals surface area contributed by atoms with E-state index in [4.69, 9.17) is 4.74 Å². The van der Waals surface area contributed by atoms with Crippen LogP contribution in [0.15, 0.2) is 29.2 Å². The molecular weight excluding hydrogens is 282 g/mol. The predicted octanol–water partition coefficient (Wildman–Crippen LogP) is 0.499. The Hall–Kier alpha value is -1.73. The lowest BCUT2D eigenvalue weighted by atomic mass is 10.2. The van der Waals surface area contributed by atoms with E-state index in [1.807, 2.05) is 6.92 Å². The van der Waals surface area contributed by atoms with E-state index in [1.165, 1.54) is 12.1 Å². The van der Waals surface area contributed by atoms with Crippen molar-refractivity contribution in [2.45, 2.75) is 30.8 Å². The first kappa shape index (κ1) is 14.7. The minimum atomic E-state index is -3.86. The highest BCUT2D eigenvalue weighted by molar-refractivity contribution is 7.89. The van der Waals surface area contributed by atoms with E-state index in [2.05, 4.69) is 0 Å². The normalized spacial score (nSPS) is 25.0. The number of aldehydes is 1. The number of sulfonamides is 1. The van der Waals surface area contributed by atoms with Gasteiger partial charge in [-0.2, -0.15) is 4.31 Å². The molecule has 3 atom stereocenters. The van der Waals surface area contributed by atoms with E-state index in [0.717, 1.165) is 9.87 Å². The molecule has 1 aliphatic rings. The Bertz CT molecular complexity index is 623. The first-order valence-corrected chi connectivity index (χ1v) is 7.59. The van der Waals surface area contributed by atoms with Crippen LogP contribution < -0.4 is 0 Å². The maximum Gasteiger partial charge on any atom is 0.326 e. The Balaban J connectivity index is 2.28. The van der Waals surface area contributed by atoms with Crippen molar-refractivity contribution in [3.05, 3.63) is 29.8 Å². The first-order chi connectivity index (χ1) is 9.43. The van der Waals surface area contributed by atoms with Gasteiger partial charge in [0.2, 0.25) is 10.0 Å². The summed E-state index contributed by atoms with van der Waals surface area (Å²) in [4.78, 5) is 22.6. The van der Waals surface area contributed by atoms with Crippen molar-refractivity contribution < 1.29 is 22.7 Å². The first-order valence-electron chi connectivity index (χ1n) is 6.15. The quantitative estimate of drug-likeness (QED) is 0.449. The van der Waals surface area contributed by atoms with Crippen molar-refractivity contribution in [1.29, 1.82) is 0 Å². The van der Waals surface area contributed by atoms with Crippen LogP contribution in [-0.2, 0) is 24.3 Å². The van der Waals surface area contributed by atoms with Gasteiger partial charge in [-0.25, -0.2) is 8.42 Å². The van der Waals surface area contributed by atoms with E-state index >= 15 is 0 Å². The van der Waals surface area contributed by atoms with Crippen LogP contribution in [0.3, 0.4) is 0 Å². The van der Waals surface area contributed by atoms with Crippen LogP contribution >= 0.6 is 0 Å². The third-order valence-electron chi connectivity index (χ3n) is 3.07. The number of carbonyl (C=O) groups is 2. The van der Waals surface area contributed by atoms with Gasteiger partial charge in [0.1, 0.15) is 18.4 Å². The number of rotatable bonds is 5. The zero-order valence-corrected chi connectivity index (χ0v) is 12.0. The second kappa shape index (κ2) is 5.34. The average Bonchev–Trinajstić information content (AvgIpc) is 3.14. The molecule has 0 amide bonds. The molecule has 1 aromatic rings. The summed E-state index contributed by atoms with van der Waals surface area (Å²) in [6, 6.07) is 4.20. The zero-order chi connectivity index (χ0) is 14.9. The lowest BCUT2D eigenvalue weighted by molar-refractivity contribution is -0.143. The third-order valence-corrected chi connectivity index (χ3v) is 4.96. The predicted molar refractivity (Wildman–Crippen MR) is 70.5 cm³/mol. The standard InChI is InChI=1S/C13H15NO5S/c1-3-19-13(16)12-11(8-15)14(12)20(17,18)10-6-4-9(2)5-7-10/h4-8,11-12H,3H2,1-2H3/t11-,12+,14?/m0/s1. The number of esters is 1. The fraction of sp³-hybridized carbons (Fsp3) is 0.385. The van der Waals surface area contributed by atoms with Gasteiger partial charge in [-0.1, -0.05) is 17.7 Å². The topological polar surface area (TPSA) is 80.5 Å². The van der Waals surface area contributed by atoms with Crippen LogP contribution in [0.5, 0.6) is 0 Å². The maximum absolute atomic E-state index is 12.4. The van der Waals surface area contributed by atoms with Gasteiger partial charge in [-0.15, -0.1) is 0 Å². The molecule has 0 aromatic heterocycles. The highest BCUT2D eigenvalue weighted by Crippen LogP contribution is 2.35. The van der Waals surface area contributed by atoms with E-state index in [-0.39, 0.29) is 11.5 Å². The zero-order valence-electron chi connectivity index (χ0n) is 11.1. The second-order valence-electron chi connectivity index (χ2n) is 4.47. The molecule has 6 nitrogen and oxygen atoms in total. The Morgan fingerprint density at radius 1 is 1.35 bits per heavy atom. The van der Waals surface area contributed by atoms with Gasteiger partial charge < -0.3 is 9.53 Å². The SMILES string of the molecule is CCOC(=O)[C@H]1[C@H](C=O)N1S(=O)(=O)c1ccc(C)cc1. The molecule has 0 saturated carbocycles.